The van der Waals surface area contributed by atoms with Crippen molar-refractivity contribution in [2.75, 3.05) is 33.9 Å². The quantitative estimate of drug-likeness (QED) is 0.343. The van der Waals surface area contributed by atoms with E-state index < -0.39 is 24.3 Å². The summed E-state index contributed by atoms with van der Waals surface area (Å²) in [6.45, 7) is 2.94. The summed E-state index contributed by atoms with van der Waals surface area (Å²) in [5.41, 5.74) is 3.17. The van der Waals surface area contributed by atoms with E-state index >= 15 is 0 Å². The molecule has 0 spiro atoms. The lowest BCUT2D eigenvalue weighted by molar-refractivity contribution is -0.127. The number of rotatable bonds is 7. The fourth-order valence-corrected chi connectivity index (χ4v) is 5.37. The average molecular weight is 566 g/mol. The standard InChI is InChI=1S/C32H43N3O6/c1-4-5-16-41-32(38)35(2)28-13-9-10-17-40-30-20-26(25-19-23(39-3)14-15-24(25)30)33-21-29(36)27(34-31(28)37)18-22-11-7-6-8-12-22/h6-12,14-15,19,26-30,33,36H,4-5,13,16-18,20-21H2,1-3H3,(H,34,37)/b10-9+/t26-,27-,28-,29+,30+/m0/s1. The van der Waals surface area contributed by atoms with Gasteiger partial charge in [-0.05, 0) is 54.5 Å². The molecular formula is C32H43N3O6. The monoisotopic (exact) mass is 565 g/mol. The lowest BCUT2D eigenvalue weighted by Gasteiger charge is -2.31. The third-order valence-corrected chi connectivity index (χ3v) is 7.83. The van der Waals surface area contributed by atoms with E-state index in [9.17, 15) is 14.7 Å². The number of likely N-dealkylation sites (N-methyl/N-ethyl adjacent to an activating group) is 1. The van der Waals surface area contributed by atoms with Crippen LogP contribution in [0.4, 0.5) is 4.79 Å². The average Bonchev–Trinajstić information content (AvgIpc) is 3.33. The minimum absolute atomic E-state index is 0.0429. The Morgan fingerprint density at radius 1 is 1.15 bits per heavy atom. The van der Waals surface area contributed by atoms with Crippen LogP contribution in [0.1, 0.15) is 61.4 Å². The van der Waals surface area contributed by atoms with Crippen LogP contribution < -0.4 is 15.4 Å². The summed E-state index contributed by atoms with van der Waals surface area (Å²) in [5.74, 6) is 0.417. The summed E-state index contributed by atoms with van der Waals surface area (Å²) >= 11 is 0. The Labute approximate surface area is 242 Å². The van der Waals surface area contributed by atoms with E-state index in [0.29, 0.717) is 26.1 Å². The second kappa shape index (κ2) is 15.0. The Kier molecular flexibility index (Phi) is 11.2. The number of aliphatic hydroxyl groups excluding tert-OH is 1. The second-order valence-corrected chi connectivity index (χ2v) is 10.7. The molecule has 4 rings (SSSR count). The van der Waals surface area contributed by atoms with Gasteiger partial charge in [-0.2, -0.15) is 0 Å². The lowest BCUT2D eigenvalue weighted by atomic mass is 9.99. The second-order valence-electron chi connectivity index (χ2n) is 10.7. The van der Waals surface area contributed by atoms with E-state index in [4.69, 9.17) is 14.2 Å². The number of β-amino-alcohol motifs (C(OH)–C–C–N with tert-alkyl or cyclic N) is 1. The number of unbranched alkanes of at least 4 members (excludes halogenated alkanes) is 1. The van der Waals surface area contributed by atoms with Gasteiger partial charge >= 0.3 is 6.09 Å². The topological polar surface area (TPSA) is 109 Å². The first kappa shape index (κ1) is 30.6. The molecule has 1 aliphatic heterocycles. The zero-order chi connectivity index (χ0) is 29.2. The maximum atomic E-state index is 13.7. The van der Waals surface area contributed by atoms with Gasteiger partial charge in [-0.15, -0.1) is 0 Å². The zero-order valence-electron chi connectivity index (χ0n) is 24.3. The highest BCUT2D eigenvalue weighted by Crippen LogP contribution is 2.42. The van der Waals surface area contributed by atoms with Crippen LogP contribution in [0, 0.1) is 0 Å². The fraction of sp³-hybridized carbons (Fsp3) is 0.500. The predicted molar refractivity (Wildman–Crippen MR) is 157 cm³/mol. The number of ether oxygens (including phenoxy) is 3. The highest BCUT2D eigenvalue weighted by Gasteiger charge is 2.34. The molecule has 0 fully saturated rings. The molecule has 9 heteroatoms. The number of hydrogen-bond donors (Lipinski definition) is 3. The van der Waals surface area contributed by atoms with Gasteiger partial charge in [0.1, 0.15) is 11.8 Å². The Morgan fingerprint density at radius 2 is 1.95 bits per heavy atom. The van der Waals surface area contributed by atoms with Gasteiger partial charge in [-0.25, -0.2) is 4.79 Å². The first-order chi connectivity index (χ1) is 19.9. The van der Waals surface area contributed by atoms with E-state index in [1.807, 2.05) is 67.6 Å². The van der Waals surface area contributed by atoms with Crippen molar-refractivity contribution in [1.82, 2.24) is 15.5 Å². The molecular weight excluding hydrogens is 522 g/mol. The summed E-state index contributed by atoms with van der Waals surface area (Å²) < 4.78 is 17.1. The lowest BCUT2D eigenvalue weighted by Crippen LogP contribution is -2.55. The maximum Gasteiger partial charge on any atom is 0.410 e. The Hall–Kier alpha value is -3.40. The van der Waals surface area contributed by atoms with Crippen molar-refractivity contribution in [3.63, 3.8) is 0 Å². The van der Waals surface area contributed by atoms with Gasteiger partial charge in [0.25, 0.3) is 0 Å². The van der Waals surface area contributed by atoms with Gasteiger partial charge in [0.2, 0.25) is 5.91 Å². The van der Waals surface area contributed by atoms with Crippen molar-refractivity contribution in [3.05, 3.63) is 77.4 Å². The van der Waals surface area contributed by atoms with Gasteiger partial charge in [0, 0.05) is 19.6 Å². The number of benzene rings is 2. The molecule has 5 atom stereocenters. The smallest absolute Gasteiger partial charge is 0.410 e. The van der Waals surface area contributed by atoms with Crippen molar-refractivity contribution < 1.29 is 28.9 Å². The number of hydrogen-bond acceptors (Lipinski definition) is 7. The SMILES string of the molecule is CCCCOC(=O)N(C)[C@H]1C/C=C/CO[C@@H]2C[C@H](NC[C@@H](O)[C@H](Cc3ccccc3)NC1=O)c1cc(OC)ccc12. The number of amides is 2. The van der Waals surface area contributed by atoms with Crippen molar-refractivity contribution in [2.24, 2.45) is 0 Å². The van der Waals surface area contributed by atoms with E-state index in [-0.39, 0.29) is 31.0 Å². The molecule has 2 bridgehead atoms. The van der Waals surface area contributed by atoms with Crippen LogP contribution in [-0.4, -0.2) is 74.1 Å². The minimum atomic E-state index is -0.892. The number of aliphatic hydroxyl groups is 1. The first-order valence-electron chi connectivity index (χ1n) is 14.5. The molecule has 1 heterocycles. The molecule has 41 heavy (non-hydrogen) atoms. The number of carbonyl (C=O) groups is 2. The fourth-order valence-electron chi connectivity index (χ4n) is 5.37. The Bertz CT molecular complexity index is 1170. The first-order valence-corrected chi connectivity index (χ1v) is 14.5. The van der Waals surface area contributed by atoms with E-state index in [2.05, 4.69) is 10.6 Å². The van der Waals surface area contributed by atoms with Crippen LogP contribution in [0.3, 0.4) is 0 Å². The molecule has 3 N–H and O–H groups in total. The van der Waals surface area contributed by atoms with Gasteiger partial charge in [0.15, 0.2) is 0 Å². The highest BCUT2D eigenvalue weighted by atomic mass is 16.6. The molecule has 2 amide bonds. The molecule has 1 aliphatic carbocycles. The maximum absolute atomic E-state index is 13.7. The van der Waals surface area contributed by atoms with Crippen LogP contribution in [0.15, 0.2) is 60.7 Å². The van der Waals surface area contributed by atoms with Crippen molar-refractivity contribution in [3.8, 4) is 5.75 Å². The number of carbonyl (C=O) groups excluding carboxylic acids is 2. The molecule has 0 radical (unpaired) electrons. The van der Waals surface area contributed by atoms with Gasteiger partial charge in [-0.1, -0.05) is 61.9 Å². The third-order valence-electron chi connectivity index (χ3n) is 7.83. The molecule has 2 aromatic rings. The van der Waals surface area contributed by atoms with Gasteiger partial charge in [-0.3, -0.25) is 9.69 Å². The van der Waals surface area contributed by atoms with Gasteiger partial charge in [0.05, 0.1) is 38.6 Å². The van der Waals surface area contributed by atoms with E-state index in [0.717, 1.165) is 35.3 Å². The predicted octanol–water partition coefficient (Wildman–Crippen LogP) is 4.07. The van der Waals surface area contributed by atoms with E-state index in [1.54, 1.807) is 14.2 Å². The normalized spacial score (nSPS) is 25.7. The number of nitrogens with one attached hydrogen (secondary N) is 2. The molecule has 222 valence electrons. The van der Waals surface area contributed by atoms with Crippen LogP contribution >= 0.6 is 0 Å². The third kappa shape index (κ3) is 8.09. The van der Waals surface area contributed by atoms with Crippen LogP contribution in [0.25, 0.3) is 0 Å². The van der Waals surface area contributed by atoms with Crippen LogP contribution in [-0.2, 0) is 20.7 Å². The molecule has 2 aliphatic rings. The number of fused-ring (bicyclic) bond motifs is 5. The Morgan fingerprint density at radius 3 is 2.71 bits per heavy atom. The molecule has 0 aromatic heterocycles. The molecule has 0 saturated carbocycles. The highest BCUT2D eigenvalue weighted by molar-refractivity contribution is 5.86. The van der Waals surface area contributed by atoms with Crippen LogP contribution in [0.2, 0.25) is 0 Å². The summed E-state index contributed by atoms with van der Waals surface area (Å²) in [5, 5.41) is 18.0. The molecule has 0 unspecified atom stereocenters. The van der Waals surface area contributed by atoms with Crippen molar-refractivity contribution >= 4 is 12.0 Å². The van der Waals surface area contributed by atoms with Crippen LogP contribution in [0.5, 0.6) is 5.75 Å². The van der Waals surface area contributed by atoms with Gasteiger partial charge < -0.3 is 30.0 Å². The summed E-state index contributed by atoms with van der Waals surface area (Å²) in [6.07, 6.45) is 5.27. The molecule has 2 aromatic carbocycles. The number of methoxy groups -OCH3 is 1. The summed E-state index contributed by atoms with van der Waals surface area (Å²) in [4.78, 5) is 27.8. The van der Waals surface area contributed by atoms with E-state index in [1.165, 1.54) is 4.90 Å². The summed E-state index contributed by atoms with van der Waals surface area (Å²) in [7, 11) is 3.22. The molecule has 0 saturated heterocycles. The number of nitrogens with zero attached hydrogens (tertiary/aromatic N) is 1. The largest absolute Gasteiger partial charge is 0.497 e. The van der Waals surface area contributed by atoms with Crippen molar-refractivity contribution in [1.29, 1.82) is 0 Å². The minimum Gasteiger partial charge on any atom is -0.497 e. The van der Waals surface area contributed by atoms with Crippen molar-refractivity contribution in [2.45, 2.75) is 69.4 Å². The molecule has 9 nitrogen and oxygen atoms in total. The summed E-state index contributed by atoms with van der Waals surface area (Å²) in [6, 6.07) is 14.3. The Balaban J connectivity index is 1.60. The zero-order valence-corrected chi connectivity index (χ0v) is 24.3.